The lowest BCUT2D eigenvalue weighted by molar-refractivity contribution is 0.252. The second-order valence-electron chi connectivity index (χ2n) is 3.73. The molecule has 0 radical (unpaired) electrons. The topological polar surface area (TPSA) is 41.1 Å². The van der Waals surface area contributed by atoms with Crippen LogP contribution in [0, 0.1) is 0 Å². The van der Waals surface area contributed by atoms with E-state index >= 15 is 0 Å². The van der Waals surface area contributed by atoms with Crippen molar-refractivity contribution in [3.05, 3.63) is 36.4 Å². The van der Waals surface area contributed by atoms with Gasteiger partial charge in [0.15, 0.2) is 0 Å². The summed E-state index contributed by atoms with van der Waals surface area (Å²) in [6.45, 7) is 6.50. The van der Waals surface area contributed by atoms with Crippen LogP contribution in [0.3, 0.4) is 0 Å². The van der Waals surface area contributed by atoms with Gasteiger partial charge in [0.1, 0.15) is 0 Å². The van der Waals surface area contributed by atoms with Crippen LogP contribution < -0.4 is 10.6 Å². The van der Waals surface area contributed by atoms with Crippen LogP contribution in [0.2, 0.25) is 0 Å². The maximum atomic E-state index is 11.4. The summed E-state index contributed by atoms with van der Waals surface area (Å²) in [7, 11) is 0. The SMILES string of the molecule is CC.CCNC(=O)Nc1ccc2cc(S)ccc2c1. The quantitative estimate of drug-likeness (QED) is 0.703. The molecule has 102 valence electrons. The van der Waals surface area contributed by atoms with Crippen LogP contribution in [0.1, 0.15) is 20.8 Å². The number of carbonyl (C=O) groups excluding carboxylic acids is 1. The summed E-state index contributed by atoms with van der Waals surface area (Å²) < 4.78 is 0. The summed E-state index contributed by atoms with van der Waals surface area (Å²) in [5.41, 5.74) is 0.787. The van der Waals surface area contributed by atoms with E-state index in [4.69, 9.17) is 0 Å². The van der Waals surface area contributed by atoms with Crippen molar-refractivity contribution in [3.63, 3.8) is 0 Å². The molecule has 0 aliphatic carbocycles. The molecule has 0 aliphatic rings. The van der Waals surface area contributed by atoms with Gasteiger partial charge in [-0.1, -0.05) is 26.0 Å². The Bertz CT molecular complexity index is 555. The van der Waals surface area contributed by atoms with E-state index in [9.17, 15) is 4.79 Å². The molecule has 2 aromatic carbocycles. The Morgan fingerprint density at radius 1 is 1.11 bits per heavy atom. The first-order valence-corrected chi connectivity index (χ1v) is 6.91. The predicted octanol–water partition coefficient (Wildman–Crippen LogP) is 4.30. The molecule has 0 heterocycles. The van der Waals surface area contributed by atoms with Crippen molar-refractivity contribution in [2.75, 3.05) is 11.9 Å². The highest BCUT2D eigenvalue weighted by Crippen LogP contribution is 2.21. The number of amides is 2. The number of hydrogen-bond donors (Lipinski definition) is 3. The Morgan fingerprint density at radius 3 is 2.42 bits per heavy atom. The Morgan fingerprint density at radius 2 is 1.74 bits per heavy atom. The van der Waals surface area contributed by atoms with Crippen LogP contribution in [0.5, 0.6) is 0 Å². The van der Waals surface area contributed by atoms with Crippen LogP contribution in [0.25, 0.3) is 10.8 Å². The maximum absolute atomic E-state index is 11.4. The minimum absolute atomic E-state index is 0.183. The summed E-state index contributed by atoms with van der Waals surface area (Å²) in [6, 6.07) is 11.5. The molecule has 2 aromatic rings. The highest BCUT2D eigenvalue weighted by atomic mass is 32.1. The maximum Gasteiger partial charge on any atom is 0.319 e. The van der Waals surface area contributed by atoms with Gasteiger partial charge in [0.25, 0.3) is 0 Å². The van der Waals surface area contributed by atoms with Gasteiger partial charge in [-0.05, 0) is 42.0 Å². The average Bonchev–Trinajstić information content (AvgIpc) is 2.41. The summed E-state index contributed by atoms with van der Waals surface area (Å²) in [5.74, 6) is 0. The van der Waals surface area contributed by atoms with E-state index in [1.165, 1.54) is 0 Å². The Labute approximate surface area is 119 Å². The number of fused-ring (bicyclic) bond motifs is 1. The van der Waals surface area contributed by atoms with Crippen LogP contribution in [-0.4, -0.2) is 12.6 Å². The molecule has 19 heavy (non-hydrogen) atoms. The number of nitrogens with one attached hydrogen (secondary N) is 2. The molecule has 0 spiro atoms. The normalized spacial score (nSPS) is 9.47. The first-order chi connectivity index (χ1) is 9.19. The zero-order valence-corrected chi connectivity index (χ0v) is 12.4. The molecule has 4 heteroatoms. The Hall–Kier alpha value is -1.68. The monoisotopic (exact) mass is 276 g/mol. The van der Waals surface area contributed by atoms with Crippen molar-refractivity contribution in [1.82, 2.24) is 5.32 Å². The molecule has 0 atom stereocenters. The lowest BCUT2D eigenvalue weighted by Gasteiger charge is -2.07. The predicted molar refractivity (Wildman–Crippen MR) is 85.2 cm³/mol. The minimum atomic E-state index is -0.183. The zero-order valence-electron chi connectivity index (χ0n) is 11.5. The van der Waals surface area contributed by atoms with Gasteiger partial charge in [-0.2, -0.15) is 0 Å². The standard InChI is InChI=1S/C13H14N2OS.C2H6/c1-2-14-13(16)15-11-5-3-10-8-12(17)6-4-9(10)7-11;1-2/h3-8,17H,2H2,1H3,(H2,14,15,16);1-2H3. The first-order valence-electron chi connectivity index (χ1n) is 6.46. The minimum Gasteiger partial charge on any atom is -0.338 e. The van der Waals surface area contributed by atoms with Crippen molar-refractivity contribution >= 4 is 35.1 Å². The van der Waals surface area contributed by atoms with E-state index in [0.717, 1.165) is 21.4 Å². The van der Waals surface area contributed by atoms with E-state index < -0.39 is 0 Å². The lowest BCUT2D eigenvalue weighted by atomic mass is 10.1. The van der Waals surface area contributed by atoms with E-state index in [1.54, 1.807) is 0 Å². The van der Waals surface area contributed by atoms with Gasteiger partial charge >= 0.3 is 6.03 Å². The molecular weight excluding hydrogens is 256 g/mol. The van der Waals surface area contributed by atoms with Crippen LogP contribution in [0.15, 0.2) is 41.3 Å². The van der Waals surface area contributed by atoms with Gasteiger partial charge in [0.2, 0.25) is 0 Å². The second-order valence-corrected chi connectivity index (χ2v) is 4.25. The van der Waals surface area contributed by atoms with Gasteiger partial charge in [-0.3, -0.25) is 0 Å². The fourth-order valence-corrected chi connectivity index (χ4v) is 1.86. The number of anilines is 1. The molecule has 0 unspecified atom stereocenters. The third-order valence-electron chi connectivity index (χ3n) is 2.42. The van der Waals surface area contributed by atoms with E-state index in [2.05, 4.69) is 23.3 Å². The van der Waals surface area contributed by atoms with Crippen LogP contribution >= 0.6 is 12.6 Å². The molecule has 0 aliphatic heterocycles. The Balaban J connectivity index is 0.000000861. The fraction of sp³-hybridized carbons (Fsp3) is 0.267. The highest BCUT2D eigenvalue weighted by molar-refractivity contribution is 7.80. The lowest BCUT2D eigenvalue weighted by Crippen LogP contribution is -2.28. The van der Waals surface area contributed by atoms with E-state index in [0.29, 0.717) is 6.54 Å². The number of benzene rings is 2. The molecule has 3 nitrogen and oxygen atoms in total. The molecule has 0 bridgehead atoms. The number of rotatable bonds is 2. The molecule has 0 saturated heterocycles. The molecule has 2 N–H and O–H groups in total. The van der Waals surface area contributed by atoms with Gasteiger partial charge in [-0.25, -0.2) is 4.79 Å². The number of carbonyl (C=O) groups is 1. The number of thiol groups is 1. The summed E-state index contributed by atoms with van der Waals surface area (Å²) in [4.78, 5) is 12.3. The molecule has 0 aromatic heterocycles. The van der Waals surface area contributed by atoms with Crippen molar-refractivity contribution in [3.8, 4) is 0 Å². The summed E-state index contributed by atoms with van der Waals surface area (Å²) >= 11 is 4.29. The highest BCUT2D eigenvalue weighted by Gasteiger charge is 2.01. The van der Waals surface area contributed by atoms with Crippen LogP contribution in [0.4, 0.5) is 10.5 Å². The smallest absolute Gasteiger partial charge is 0.319 e. The van der Waals surface area contributed by atoms with E-state index in [1.807, 2.05) is 57.2 Å². The largest absolute Gasteiger partial charge is 0.338 e. The van der Waals surface area contributed by atoms with Gasteiger partial charge in [0, 0.05) is 17.1 Å². The summed E-state index contributed by atoms with van der Waals surface area (Å²) in [5, 5.41) is 7.66. The van der Waals surface area contributed by atoms with Gasteiger partial charge in [-0.15, -0.1) is 12.6 Å². The summed E-state index contributed by atoms with van der Waals surface area (Å²) in [6.07, 6.45) is 0. The van der Waals surface area contributed by atoms with Crippen LogP contribution in [-0.2, 0) is 0 Å². The number of urea groups is 1. The fourth-order valence-electron chi connectivity index (χ4n) is 1.65. The van der Waals surface area contributed by atoms with Gasteiger partial charge in [0.05, 0.1) is 0 Å². The zero-order chi connectivity index (χ0) is 14.3. The molecule has 0 saturated carbocycles. The van der Waals surface area contributed by atoms with Crippen molar-refractivity contribution in [1.29, 1.82) is 0 Å². The third kappa shape index (κ3) is 4.48. The van der Waals surface area contributed by atoms with Crippen molar-refractivity contribution < 1.29 is 4.79 Å². The average molecular weight is 276 g/mol. The third-order valence-corrected chi connectivity index (χ3v) is 2.70. The second kappa shape index (κ2) is 7.69. The van der Waals surface area contributed by atoms with Gasteiger partial charge < -0.3 is 10.6 Å². The van der Waals surface area contributed by atoms with Crippen molar-refractivity contribution in [2.45, 2.75) is 25.7 Å². The molecular formula is C15H20N2OS. The molecule has 2 amide bonds. The van der Waals surface area contributed by atoms with E-state index in [-0.39, 0.29) is 6.03 Å². The molecule has 0 fully saturated rings. The first kappa shape index (κ1) is 15.4. The molecule has 2 rings (SSSR count). The number of hydrogen-bond acceptors (Lipinski definition) is 2. The van der Waals surface area contributed by atoms with Crippen molar-refractivity contribution in [2.24, 2.45) is 0 Å². The Kier molecular flexibility index (Phi) is 6.22.